The summed E-state index contributed by atoms with van der Waals surface area (Å²) in [6.07, 6.45) is 5.19. The highest BCUT2D eigenvalue weighted by Crippen LogP contribution is 2.19. The first-order valence-corrected chi connectivity index (χ1v) is 12.1. The van der Waals surface area contributed by atoms with E-state index in [1.54, 1.807) is 12.2 Å². The Morgan fingerprint density at radius 2 is 1.09 bits per heavy atom. The Morgan fingerprint density at radius 1 is 0.706 bits per heavy atom. The Kier molecular flexibility index (Phi) is 9.85. The SMILES string of the molecule is CCc1cc(C)c(C(=O)/C=C(/C)NCCCN/C(C)=C\C(=O)c2c(C)cc(C)cc2C)c(C)c1. The molecule has 34 heavy (non-hydrogen) atoms. The van der Waals surface area contributed by atoms with E-state index in [-0.39, 0.29) is 11.6 Å². The van der Waals surface area contributed by atoms with Gasteiger partial charge in [-0.3, -0.25) is 9.59 Å². The van der Waals surface area contributed by atoms with Crippen molar-refractivity contribution >= 4 is 11.6 Å². The van der Waals surface area contributed by atoms with E-state index in [1.807, 2.05) is 60.6 Å². The fraction of sp³-hybridized carbons (Fsp3) is 0.400. The molecule has 2 rings (SSSR count). The Labute approximate surface area is 205 Å². The van der Waals surface area contributed by atoms with Crippen molar-refractivity contribution in [2.24, 2.45) is 0 Å². The van der Waals surface area contributed by atoms with E-state index in [1.165, 1.54) is 11.1 Å². The lowest BCUT2D eigenvalue weighted by atomic mass is 9.95. The summed E-state index contributed by atoms with van der Waals surface area (Å²) < 4.78 is 0. The van der Waals surface area contributed by atoms with Gasteiger partial charge in [-0.2, -0.15) is 0 Å². The Bertz CT molecular complexity index is 1080. The van der Waals surface area contributed by atoms with Crippen LogP contribution in [0.25, 0.3) is 0 Å². The lowest BCUT2D eigenvalue weighted by Crippen LogP contribution is -2.21. The molecule has 0 aliphatic rings. The van der Waals surface area contributed by atoms with Crippen molar-refractivity contribution in [1.29, 1.82) is 0 Å². The molecule has 2 N–H and O–H groups in total. The molecule has 0 saturated carbocycles. The second kappa shape index (κ2) is 12.4. The maximum atomic E-state index is 12.8. The van der Waals surface area contributed by atoms with Gasteiger partial charge in [-0.1, -0.05) is 36.8 Å². The van der Waals surface area contributed by atoms with E-state index in [9.17, 15) is 9.59 Å². The van der Waals surface area contributed by atoms with E-state index in [2.05, 4.69) is 29.7 Å². The molecule has 0 spiro atoms. The number of aryl methyl sites for hydroxylation is 6. The van der Waals surface area contributed by atoms with Gasteiger partial charge in [-0.05, 0) is 89.1 Å². The summed E-state index contributed by atoms with van der Waals surface area (Å²) in [4.78, 5) is 25.5. The zero-order chi connectivity index (χ0) is 25.4. The van der Waals surface area contributed by atoms with Crippen LogP contribution in [0.2, 0.25) is 0 Å². The molecular formula is C30H40N2O2. The average Bonchev–Trinajstić information content (AvgIpc) is 2.71. The van der Waals surface area contributed by atoms with Crippen molar-refractivity contribution in [3.8, 4) is 0 Å². The Morgan fingerprint density at radius 3 is 1.47 bits per heavy atom. The van der Waals surface area contributed by atoms with Gasteiger partial charge < -0.3 is 10.6 Å². The van der Waals surface area contributed by atoms with Crippen molar-refractivity contribution in [2.45, 2.75) is 68.2 Å². The molecule has 2 aromatic rings. The van der Waals surface area contributed by atoms with Crippen LogP contribution < -0.4 is 10.6 Å². The number of hydrogen-bond acceptors (Lipinski definition) is 4. The van der Waals surface area contributed by atoms with Crippen LogP contribution in [-0.4, -0.2) is 24.7 Å². The smallest absolute Gasteiger partial charge is 0.188 e. The maximum absolute atomic E-state index is 12.8. The molecule has 0 unspecified atom stereocenters. The molecule has 0 aromatic heterocycles. The zero-order valence-corrected chi connectivity index (χ0v) is 22.1. The van der Waals surface area contributed by atoms with Crippen LogP contribution in [0.5, 0.6) is 0 Å². The largest absolute Gasteiger partial charge is 0.388 e. The molecule has 182 valence electrons. The minimum absolute atomic E-state index is 0.0352. The van der Waals surface area contributed by atoms with Gasteiger partial charge in [0.15, 0.2) is 11.6 Å². The minimum Gasteiger partial charge on any atom is -0.388 e. The van der Waals surface area contributed by atoms with Gasteiger partial charge >= 0.3 is 0 Å². The zero-order valence-electron chi connectivity index (χ0n) is 22.1. The minimum atomic E-state index is 0.0352. The fourth-order valence-electron chi connectivity index (χ4n) is 4.51. The molecule has 0 atom stereocenters. The van der Waals surface area contributed by atoms with Crippen LogP contribution in [0.3, 0.4) is 0 Å². The second-order valence-electron chi connectivity index (χ2n) is 9.32. The summed E-state index contributed by atoms with van der Waals surface area (Å²) in [6.45, 7) is 17.5. The summed E-state index contributed by atoms with van der Waals surface area (Å²) in [7, 11) is 0. The maximum Gasteiger partial charge on any atom is 0.188 e. The van der Waals surface area contributed by atoms with E-state index < -0.39 is 0 Å². The number of hydrogen-bond donors (Lipinski definition) is 2. The van der Waals surface area contributed by atoms with E-state index in [0.717, 1.165) is 70.7 Å². The third-order valence-electron chi connectivity index (χ3n) is 6.03. The van der Waals surface area contributed by atoms with Gasteiger partial charge in [0.05, 0.1) is 0 Å². The Balaban J connectivity index is 1.85. The second-order valence-corrected chi connectivity index (χ2v) is 9.32. The predicted molar refractivity (Wildman–Crippen MR) is 143 cm³/mol. The Hall–Kier alpha value is -3.14. The number of carbonyl (C=O) groups is 2. The average molecular weight is 461 g/mol. The fourth-order valence-corrected chi connectivity index (χ4v) is 4.51. The van der Waals surface area contributed by atoms with E-state index in [0.29, 0.717) is 0 Å². The first-order valence-electron chi connectivity index (χ1n) is 12.1. The van der Waals surface area contributed by atoms with Crippen molar-refractivity contribution in [3.05, 3.63) is 92.3 Å². The predicted octanol–water partition coefficient (Wildman–Crippen LogP) is 6.23. The molecule has 0 bridgehead atoms. The van der Waals surface area contributed by atoms with Crippen molar-refractivity contribution in [3.63, 3.8) is 0 Å². The number of benzene rings is 2. The molecule has 0 fully saturated rings. The van der Waals surface area contributed by atoms with Crippen molar-refractivity contribution < 1.29 is 9.59 Å². The summed E-state index contributed by atoms with van der Waals surface area (Å²) in [5.74, 6) is 0.0766. The standard InChI is InChI=1S/C30H40N2O2/c1-9-26-15-22(5)30(23(6)16-26)28(34)18-25(8)32-12-10-11-31-24(7)17-27(33)29-20(3)13-19(2)14-21(29)4/h13-18,31-32H,9-12H2,1-8H3/b24-17-,25-18-. The molecule has 0 aliphatic heterocycles. The topological polar surface area (TPSA) is 58.2 Å². The van der Waals surface area contributed by atoms with Gasteiger partial charge in [0.25, 0.3) is 0 Å². The molecule has 4 nitrogen and oxygen atoms in total. The highest BCUT2D eigenvalue weighted by Gasteiger charge is 2.12. The molecule has 2 aromatic carbocycles. The molecule has 4 heteroatoms. The third-order valence-corrected chi connectivity index (χ3v) is 6.03. The van der Waals surface area contributed by atoms with E-state index >= 15 is 0 Å². The molecular weight excluding hydrogens is 420 g/mol. The summed E-state index contributed by atoms with van der Waals surface area (Å²) >= 11 is 0. The lowest BCUT2D eigenvalue weighted by molar-refractivity contribution is 0.103. The highest BCUT2D eigenvalue weighted by atomic mass is 16.1. The van der Waals surface area contributed by atoms with Crippen LogP contribution >= 0.6 is 0 Å². The molecule has 0 aliphatic carbocycles. The van der Waals surface area contributed by atoms with Gasteiger partial charge in [0, 0.05) is 47.8 Å². The van der Waals surface area contributed by atoms with Crippen LogP contribution in [0.15, 0.2) is 47.8 Å². The number of ketones is 2. The number of nitrogens with one attached hydrogen (secondary N) is 2. The van der Waals surface area contributed by atoms with Gasteiger partial charge in [-0.25, -0.2) is 0 Å². The van der Waals surface area contributed by atoms with Crippen molar-refractivity contribution in [2.75, 3.05) is 13.1 Å². The number of carbonyl (C=O) groups excluding carboxylic acids is 2. The number of allylic oxidation sites excluding steroid dienone is 4. The lowest BCUT2D eigenvalue weighted by Gasteiger charge is -2.12. The molecule has 0 heterocycles. The number of rotatable bonds is 11. The molecule has 0 saturated heterocycles. The highest BCUT2D eigenvalue weighted by molar-refractivity contribution is 6.07. The van der Waals surface area contributed by atoms with Crippen LogP contribution in [-0.2, 0) is 6.42 Å². The monoisotopic (exact) mass is 460 g/mol. The molecule has 0 amide bonds. The third kappa shape index (κ3) is 7.44. The first kappa shape index (κ1) is 27.1. The van der Waals surface area contributed by atoms with Crippen molar-refractivity contribution in [1.82, 2.24) is 10.6 Å². The molecule has 0 radical (unpaired) electrons. The summed E-state index contributed by atoms with van der Waals surface area (Å²) in [5, 5.41) is 6.63. The normalized spacial score (nSPS) is 12.0. The summed E-state index contributed by atoms with van der Waals surface area (Å²) in [5.41, 5.74) is 9.81. The first-order chi connectivity index (χ1) is 16.0. The van der Waals surface area contributed by atoms with Gasteiger partial charge in [-0.15, -0.1) is 0 Å². The van der Waals surface area contributed by atoms with Crippen LogP contribution in [0, 0.1) is 34.6 Å². The van der Waals surface area contributed by atoms with Crippen LogP contribution in [0.1, 0.15) is 81.3 Å². The van der Waals surface area contributed by atoms with Gasteiger partial charge in [0.1, 0.15) is 0 Å². The van der Waals surface area contributed by atoms with E-state index in [4.69, 9.17) is 0 Å². The van der Waals surface area contributed by atoms with Crippen LogP contribution in [0.4, 0.5) is 0 Å². The summed E-state index contributed by atoms with van der Waals surface area (Å²) in [6, 6.07) is 8.30. The quantitative estimate of drug-likeness (QED) is 0.237. The van der Waals surface area contributed by atoms with Gasteiger partial charge in [0.2, 0.25) is 0 Å².